The minimum absolute atomic E-state index is 0.000756. The molecule has 22 heavy (non-hydrogen) atoms. The average molecular weight is 334 g/mol. The van der Waals surface area contributed by atoms with Crippen LogP contribution >= 0.6 is 11.6 Å². The van der Waals surface area contributed by atoms with E-state index < -0.39 is 11.7 Å². The van der Waals surface area contributed by atoms with Crippen molar-refractivity contribution in [1.82, 2.24) is 19.7 Å². The van der Waals surface area contributed by atoms with Gasteiger partial charge in [0.15, 0.2) is 0 Å². The summed E-state index contributed by atoms with van der Waals surface area (Å²) in [5, 5.41) is 7.47. The van der Waals surface area contributed by atoms with Crippen LogP contribution in [0.2, 0.25) is 5.02 Å². The van der Waals surface area contributed by atoms with Gasteiger partial charge in [-0.2, -0.15) is 23.0 Å². The van der Waals surface area contributed by atoms with E-state index in [1.54, 1.807) is 13.8 Å². The summed E-state index contributed by atoms with van der Waals surface area (Å²) in [6, 6.07) is 0.770. The first-order chi connectivity index (χ1) is 10.3. The highest BCUT2D eigenvalue weighted by atomic mass is 35.5. The second-order valence-electron chi connectivity index (χ2n) is 4.46. The summed E-state index contributed by atoms with van der Waals surface area (Å²) >= 11 is 5.90. The molecule has 2 heterocycles. The highest BCUT2D eigenvalue weighted by molar-refractivity contribution is 6.33. The minimum Gasteiger partial charge on any atom is -0.391 e. The average Bonchev–Trinajstić information content (AvgIpc) is 2.93. The molecule has 2 aromatic heterocycles. The van der Waals surface area contributed by atoms with E-state index in [4.69, 9.17) is 16.4 Å². The van der Waals surface area contributed by atoms with E-state index in [1.165, 1.54) is 17.3 Å². The van der Waals surface area contributed by atoms with E-state index in [0.717, 1.165) is 6.07 Å². The zero-order valence-electron chi connectivity index (χ0n) is 11.5. The van der Waals surface area contributed by atoms with Crippen LogP contribution in [0.1, 0.15) is 25.1 Å². The smallest absolute Gasteiger partial charge is 0.391 e. The van der Waals surface area contributed by atoms with Gasteiger partial charge in [-0.15, -0.1) is 0 Å². The minimum atomic E-state index is -4.53. The number of halogens is 4. The second kappa shape index (κ2) is 6.30. The Bertz CT molecular complexity index is 670. The van der Waals surface area contributed by atoms with Crippen LogP contribution in [0.5, 0.6) is 0 Å². The molecule has 118 valence electrons. The van der Waals surface area contributed by atoms with Gasteiger partial charge in [0.1, 0.15) is 24.5 Å². The van der Waals surface area contributed by atoms with Crippen molar-refractivity contribution in [3.05, 3.63) is 41.2 Å². The van der Waals surface area contributed by atoms with Crippen molar-refractivity contribution in [3.63, 3.8) is 0 Å². The van der Waals surface area contributed by atoms with E-state index in [-0.39, 0.29) is 22.7 Å². The van der Waals surface area contributed by atoms with E-state index in [9.17, 15) is 13.2 Å². The molecule has 0 aliphatic carbocycles. The molecule has 0 bridgehead atoms. The second-order valence-corrected chi connectivity index (χ2v) is 4.87. The lowest BCUT2D eigenvalue weighted by Crippen LogP contribution is -2.19. The van der Waals surface area contributed by atoms with E-state index in [1.807, 2.05) is 0 Å². The highest BCUT2D eigenvalue weighted by Crippen LogP contribution is 2.31. The Balaban J connectivity index is 2.47. The van der Waals surface area contributed by atoms with Crippen LogP contribution in [-0.4, -0.2) is 31.7 Å². The first-order valence-corrected chi connectivity index (χ1v) is 6.48. The first kappa shape index (κ1) is 16.2. The number of alkyl halides is 3. The maximum atomic E-state index is 12.6. The fourth-order valence-corrected chi connectivity index (χ4v) is 1.67. The lowest BCUT2D eigenvalue weighted by Gasteiger charge is -2.11. The number of hydrogen-bond acceptors (Lipinski definition) is 5. The van der Waals surface area contributed by atoms with Crippen molar-refractivity contribution < 1.29 is 18.0 Å². The number of pyridine rings is 1. The summed E-state index contributed by atoms with van der Waals surface area (Å²) in [5.41, 5.74) is -0.954. The number of rotatable bonds is 3. The molecule has 0 atom stereocenters. The summed E-state index contributed by atoms with van der Waals surface area (Å²) in [7, 11) is 0. The first-order valence-electron chi connectivity index (χ1n) is 6.11. The lowest BCUT2D eigenvalue weighted by atomic mass is 10.2. The van der Waals surface area contributed by atoms with Crippen molar-refractivity contribution in [2.24, 2.45) is 5.16 Å². The van der Waals surface area contributed by atoms with E-state index in [2.05, 4.69) is 20.2 Å². The zero-order valence-corrected chi connectivity index (χ0v) is 12.3. The third kappa shape index (κ3) is 3.73. The SMILES string of the molecule is CC(C)ON=C(c1ncc(C(F)(F)F)cc1Cl)n1cncn1. The third-order valence-corrected chi connectivity index (χ3v) is 2.65. The van der Waals surface area contributed by atoms with Crippen molar-refractivity contribution in [3.8, 4) is 0 Å². The molecule has 0 unspecified atom stereocenters. The third-order valence-electron chi connectivity index (χ3n) is 2.37. The normalized spacial score (nSPS) is 12.8. The lowest BCUT2D eigenvalue weighted by molar-refractivity contribution is -0.137. The summed E-state index contributed by atoms with van der Waals surface area (Å²) in [4.78, 5) is 12.6. The molecule has 0 amide bonds. The predicted molar refractivity (Wildman–Crippen MR) is 72.4 cm³/mol. The molecule has 10 heteroatoms. The van der Waals surface area contributed by atoms with Gasteiger partial charge in [0.2, 0.25) is 5.84 Å². The number of hydrogen-bond donors (Lipinski definition) is 0. The van der Waals surface area contributed by atoms with Crippen molar-refractivity contribution in [2.75, 3.05) is 0 Å². The van der Waals surface area contributed by atoms with Gasteiger partial charge in [-0.3, -0.25) is 4.98 Å². The number of oxime groups is 1. The van der Waals surface area contributed by atoms with E-state index >= 15 is 0 Å². The van der Waals surface area contributed by atoms with Crippen molar-refractivity contribution >= 4 is 17.4 Å². The van der Waals surface area contributed by atoms with Crippen LogP contribution in [-0.2, 0) is 11.0 Å². The van der Waals surface area contributed by atoms with Gasteiger partial charge in [-0.25, -0.2) is 4.98 Å². The van der Waals surface area contributed by atoms with Gasteiger partial charge in [0, 0.05) is 6.20 Å². The molecule has 2 rings (SSSR count). The summed E-state index contributed by atoms with van der Waals surface area (Å²) in [5.74, 6) is 0.0323. The van der Waals surface area contributed by atoms with Crippen LogP contribution in [0.3, 0.4) is 0 Å². The van der Waals surface area contributed by atoms with Crippen molar-refractivity contribution in [2.45, 2.75) is 26.1 Å². The number of aromatic nitrogens is 4. The molecule has 0 spiro atoms. The van der Waals surface area contributed by atoms with Crippen LogP contribution in [0, 0.1) is 0 Å². The van der Waals surface area contributed by atoms with Gasteiger partial charge in [0.05, 0.1) is 10.6 Å². The van der Waals surface area contributed by atoms with Gasteiger partial charge >= 0.3 is 6.18 Å². The van der Waals surface area contributed by atoms with E-state index in [0.29, 0.717) is 6.20 Å². The van der Waals surface area contributed by atoms with Gasteiger partial charge in [-0.05, 0) is 19.9 Å². The monoisotopic (exact) mass is 333 g/mol. The molecule has 0 radical (unpaired) electrons. The Morgan fingerprint density at radius 1 is 1.41 bits per heavy atom. The standard InChI is InChI=1S/C12H11ClF3N5O/c1-7(2)22-20-11(21-6-17-5-19-21)10-9(13)3-8(4-18-10)12(14,15)16/h3-7H,1-2H3. The molecule has 0 fully saturated rings. The molecule has 0 saturated carbocycles. The Morgan fingerprint density at radius 3 is 2.64 bits per heavy atom. The maximum absolute atomic E-state index is 12.6. The van der Waals surface area contributed by atoms with Gasteiger partial charge < -0.3 is 4.84 Å². The Labute approximate surface area is 128 Å². The molecule has 2 aromatic rings. The largest absolute Gasteiger partial charge is 0.417 e. The van der Waals surface area contributed by atoms with Crippen LogP contribution < -0.4 is 0 Å². The summed E-state index contributed by atoms with van der Waals surface area (Å²) < 4.78 is 39.1. The Kier molecular flexibility index (Phi) is 4.65. The molecule has 0 aromatic carbocycles. The molecule has 0 aliphatic heterocycles. The van der Waals surface area contributed by atoms with Crippen LogP contribution in [0.15, 0.2) is 30.1 Å². The Hall–Kier alpha value is -2.16. The van der Waals surface area contributed by atoms with Crippen LogP contribution in [0.4, 0.5) is 13.2 Å². The van der Waals surface area contributed by atoms with Crippen molar-refractivity contribution in [1.29, 1.82) is 0 Å². The molecule has 0 N–H and O–H groups in total. The molecule has 6 nitrogen and oxygen atoms in total. The topological polar surface area (TPSA) is 65.2 Å². The maximum Gasteiger partial charge on any atom is 0.417 e. The molecular formula is C12H11ClF3N5O. The highest BCUT2D eigenvalue weighted by Gasteiger charge is 2.32. The quantitative estimate of drug-likeness (QED) is 0.492. The molecule has 0 saturated heterocycles. The fourth-order valence-electron chi connectivity index (χ4n) is 1.42. The Morgan fingerprint density at radius 2 is 2.14 bits per heavy atom. The predicted octanol–water partition coefficient (Wildman–Crippen LogP) is 2.98. The van der Waals surface area contributed by atoms with Crippen LogP contribution in [0.25, 0.3) is 0 Å². The summed E-state index contributed by atoms with van der Waals surface area (Å²) in [6.45, 7) is 3.48. The molecule has 0 aliphatic rings. The fraction of sp³-hybridized carbons (Fsp3) is 0.333. The van der Waals surface area contributed by atoms with Gasteiger partial charge in [-0.1, -0.05) is 16.8 Å². The van der Waals surface area contributed by atoms with Gasteiger partial charge in [0.25, 0.3) is 0 Å². The molecular weight excluding hydrogens is 323 g/mol. The summed E-state index contributed by atoms with van der Waals surface area (Å²) in [6.07, 6.45) is -1.56. The number of nitrogens with zero attached hydrogens (tertiary/aromatic N) is 5. The zero-order chi connectivity index (χ0) is 16.3.